The number of hydrogen-bond donors (Lipinski definition) is 6. The largest absolute Gasteiger partial charge is 0.508 e. The quantitative estimate of drug-likeness (QED) is 0.161. The van der Waals surface area contributed by atoms with Gasteiger partial charge >= 0.3 is 17.9 Å². The first-order valence-electron chi connectivity index (χ1n) is 10.0. The minimum atomic E-state index is -1.42. The maximum absolute atomic E-state index is 12.9. The van der Waals surface area contributed by atoms with Gasteiger partial charge in [0.05, 0.1) is 22.5 Å². The molecule has 12 heteroatoms. The summed E-state index contributed by atoms with van der Waals surface area (Å²) in [6.07, 6.45) is 0. The number of amides is 2. The maximum atomic E-state index is 12.9. The van der Waals surface area contributed by atoms with Gasteiger partial charge in [-0.05, 0) is 54.6 Å². The molecule has 2 amide bonds. The molecule has 0 saturated carbocycles. The highest BCUT2D eigenvalue weighted by Crippen LogP contribution is 2.26. The minimum absolute atomic E-state index is 0.149. The van der Waals surface area contributed by atoms with E-state index in [-0.39, 0.29) is 39.8 Å². The Morgan fingerprint density at radius 2 is 1.08 bits per heavy atom. The number of carbonyl (C=O) groups is 5. The van der Waals surface area contributed by atoms with Crippen molar-refractivity contribution in [3.05, 3.63) is 76.9 Å². The molecule has 0 fully saturated rings. The number of aromatic carboxylic acids is 2. The molecule has 0 saturated heterocycles. The van der Waals surface area contributed by atoms with Crippen molar-refractivity contribution in [2.45, 2.75) is 6.92 Å². The second-order valence-corrected chi connectivity index (χ2v) is 7.32. The Balaban J connectivity index is 1.98. The Labute approximate surface area is 202 Å². The molecule has 0 atom stereocenters. The SMILES string of the molecule is CC(=O)Oc1cc(C(=O)Nc2ccc(O)cc2C(=O)O)cc(C(=O)Nc2ccc(O)cc2C(=O)O)c1. The van der Waals surface area contributed by atoms with Crippen LogP contribution in [0.3, 0.4) is 0 Å². The standard InChI is InChI=1S/C24H18N2O10/c1-11(27)36-16-7-12(21(30)25-19-4-2-14(28)9-17(19)23(32)33)6-13(8-16)22(31)26-20-5-3-15(29)10-18(20)24(34)35/h2-10,28-29H,1H3,(H,25,30)(H,26,31)(H,32,33)(H,34,35). The van der Waals surface area contributed by atoms with Crippen LogP contribution in [0.2, 0.25) is 0 Å². The molecule has 6 N–H and O–H groups in total. The molecule has 0 aliphatic carbocycles. The van der Waals surface area contributed by atoms with E-state index in [1.165, 1.54) is 12.1 Å². The number of rotatable bonds is 7. The Bertz CT molecular complexity index is 1320. The Morgan fingerprint density at radius 3 is 1.44 bits per heavy atom. The van der Waals surface area contributed by atoms with Gasteiger partial charge in [0.25, 0.3) is 11.8 Å². The van der Waals surface area contributed by atoms with E-state index < -0.39 is 40.8 Å². The Morgan fingerprint density at radius 1 is 0.667 bits per heavy atom. The van der Waals surface area contributed by atoms with Crippen LogP contribution in [0.4, 0.5) is 11.4 Å². The molecule has 12 nitrogen and oxygen atoms in total. The predicted octanol–water partition coefficient (Wildman–Crippen LogP) is 2.92. The lowest BCUT2D eigenvalue weighted by molar-refractivity contribution is -0.131. The summed E-state index contributed by atoms with van der Waals surface area (Å²) in [5.41, 5.74) is -1.49. The van der Waals surface area contributed by atoms with Crippen molar-refractivity contribution in [2.24, 2.45) is 0 Å². The molecule has 0 unspecified atom stereocenters. The zero-order chi connectivity index (χ0) is 26.6. The molecule has 0 heterocycles. The number of hydrogen-bond acceptors (Lipinski definition) is 8. The normalized spacial score (nSPS) is 10.2. The number of carbonyl (C=O) groups excluding carboxylic acids is 3. The van der Waals surface area contributed by atoms with E-state index in [0.717, 1.165) is 49.4 Å². The van der Waals surface area contributed by atoms with Gasteiger partial charge < -0.3 is 35.8 Å². The number of benzene rings is 3. The number of aromatic hydroxyl groups is 2. The summed E-state index contributed by atoms with van der Waals surface area (Å²) in [5, 5.41) is 42.4. The van der Waals surface area contributed by atoms with Crippen molar-refractivity contribution in [1.29, 1.82) is 0 Å². The maximum Gasteiger partial charge on any atom is 0.337 e. The summed E-state index contributed by atoms with van der Waals surface area (Å²) in [5.74, 6) is -6.20. The molecule has 3 rings (SSSR count). The molecule has 36 heavy (non-hydrogen) atoms. The zero-order valence-electron chi connectivity index (χ0n) is 18.4. The first-order valence-corrected chi connectivity index (χ1v) is 10.0. The van der Waals surface area contributed by atoms with E-state index in [1.54, 1.807) is 0 Å². The summed E-state index contributed by atoms with van der Waals surface area (Å²) in [4.78, 5) is 60.1. The number of anilines is 2. The number of nitrogens with one attached hydrogen (secondary N) is 2. The number of phenolic OH excluding ortho intramolecular Hbond substituents is 2. The van der Waals surface area contributed by atoms with Crippen LogP contribution < -0.4 is 15.4 Å². The lowest BCUT2D eigenvalue weighted by atomic mass is 10.1. The molecular formula is C24H18N2O10. The third-order valence-corrected chi connectivity index (χ3v) is 4.66. The third kappa shape index (κ3) is 5.94. The van der Waals surface area contributed by atoms with E-state index in [4.69, 9.17) is 4.74 Å². The Hall–Kier alpha value is -5.39. The smallest absolute Gasteiger partial charge is 0.337 e. The van der Waals surface area contributed by atoms with Gasteiger partial charge in [-0.2, -0.15) is 0 Å². The Kier molecular flexibility index (Phi) is 7.19. The van der Waals surface area contributed by atoms with E-state index >= 15 is 0 Å². The number of carboxylic acid groups (broad SMARTS) is 2. The van der Waals surface area contributed by atoms with E-state index in [2.05, 4.69) is 10.6 Å². The molecule has 0 aromatic heterocycles. The van der Waals surface area contributed by atoms with Gasteiger partial charge in [-0.25, -0.2) is 9.59 Å². The summed E-state index contributed by atoms with van der Waals surface area (Å²) in [6, 6.07) is 9.90. The van der Waals surface area contributed by atoms with Gasteiger partial charge in [-0.3, -0.25) is 14.4 Å². The molecule has 0 radical (unpaired) electrons. The average molecular weight is 494 g/mol. The van der Waals surface area contributed by atoms with Gasteiger partial charge in [-0.1, -0.05) is 0 Å². The predicted molar refractivity (Wildman–Crippen MR) is 124 cm³/mol. The van der Waals surface area contributed by atoms with Gasteiger partial charge in [0.15, 0.2) is 0 Å². The topological polar surface area (TPSA) is 200 Å². The minimum Gasteiger partial charge on any atom is -0.508 e. The first kappa shape index (κ1) is 25.2. The second-order valence-electron chi connectivity index (χ2n) is 7.32. The van der Waals surface area contributed by atoms with Crippen LogP contribution in [0.5, 0.6) is 17.2 Å². The average Bonchev–Trinajstić information content (AvgIpc) is 2.80. The summed E-state index contributed by atoms with van der Waals surface area (Å²) in [7, 11) is 0. The molecular weight excluding hydrogens is 476 g/mol. The zero-order valence-corrected chi connectivity index (χ0v) is 18.4. The van der Waals surface area contributed by atoms with Gasteiger partial charge in [0.1, 0.15) is 17.2 Å². The van der Waals surface area contributed by atoms with E-state index in [1.807, 2.05) is 0 Å². The van der Waals surface area contributed by atoms with Crippen LogP contribution in [-0.2, 0) is 4.79 Å². The fourth-order valence-electron chi connectivity index (χ4n) is 3.11. The van der Waals surface area contributed by atoms with Crippen LogP contribution in [0, 0.1) is 0 Å². The second kappa shape index (κ2) is 10.3. The van der Waals surface area contributed by atoms with Crippen LogP contribution in [0.1, 0.15) is 48.4 Å². The summed E-state index contributed by atoms with van der Waals surface area (Å²) in [6.45, 7) is 1.09. The lowest BCUT2D eigenvalue weighted by Crippen LogP contribution is -2.18. The van der Waals surface area contributed by atoms with Crippen molar-refractivity contribution < 1.29 is 49.1 Å². The summed E-state index contributed by atoms with van der Waals surface area (Å²) >= 11 is 0. The summed E-state index contributed by atoms with van der Waals surface area (Å²) < 4.78 is 5.00. The molecule has 0 spiro atoms. The van der Waals surface area contributed by atoms with Crippen molar-refractivity contribution in [2.75, 3.05) is 10.6 Å². The third-order valence-electron chi connectivity index (χ3n) is 4.66. The fourth-order valence-corrected chi connectivity index (χ4v) is 3.11. The van der Waals surface area contributed by atoms with E-state index in [9.17, 15) is 44.4 Å². The fraction of sp³-hybridized carbons (Fsp3) is 0.0417. The van der Waals surface area contributed by atoms with Crippen LogP contribution in [0.15, 0.2) is 54.6 Å². The van der Waals surface area contributed by atoms with Crippen molar-refractivity contribution in [3.63, 3.8) is 0 Å². The van der Waals surface area contributed by atoms with Gasteiger partial charge in [-0.15, -0.1) is 0 Å². The molecule has 3 aromatic rings. The number of phenols is 2. The van der Waals surface area contributed by atoms with Gasteiger partial charge in [0.2, 0.25) is 0 Å². The highest BCUT2D eigenvalue weighted by molar-refractivity contribution is 6.12. The molecule has 3 aromatic carbocycles. The van der Waals surface area contributed by atoms with Crippen LogP contribution in [0.25, 0.3) is 0 Å². The van der Waals surface area contributed by atoms with Crippen molar-refractivity contribution in [3.8, 4) is 17.2 Å². The number of esters is 1. The molecule has 0 aliphatic heterocycles. The monoisotopic (exact) mass is 494 g/mol. The number of ether oxygens (including phenoxy) is 1. The van der Waals surface area contributed by atoms with Crippen LogP contribution in [-0.4, -0.2) is 50.1 Å². The van der Waals surface area contributed by atoms with E-state index in [0.29, 0.717) is 0 Å². The highest BCUT2D eigenvalue weighted by Gasteiger charge is 2.20. The lowest BCUT2D eigenvalue weighted by Gasteiger charge is -2.13. The molecule has 184 valence electrons. The van der Waals surface area contributed by atoms with Crippen molar-refractivity contribution >= 4 is 41.1 Å². The molecule has 0 bridgehead atoms. The number of carboxylic acids is 2. The highest BCUT2D eigenvalue weighted by atomic mass is 16.5. The van der Waals surface area contributed by atoms with Crippen LogP contribution >= 0.6 is 0 Å². The molecule has 0 aliphatic rings. The van der Waals surface area contributed by atoms with Gasteiger partial charge in [0, 0.05) is 18.1 Å². The van der Waals surface area contributed by atoms with Crippen molar-refractivity contribution in [1.82, 2.24) is 0 Å². The first-order chi connectivity index (χ1) is 16.9.